The number of pyridine rings is 1. The molecule has 0 aromatic carbocycles. The van der Waals surface area contributed by atoms with Gasteiger partial charge in [-0.25, -0.2) is 0 Å². The standard InChI is InChI=1S/C12H13F3N4/c13-12(14,15)7-4-5-10-17-18-11(19(10)6-7)8-2-1-3-9(8)16/h4-6,8-9H,1-3,16H2. The van der Waals surface area contributed by atoms with Crippen LogP contribution in [0.2, 0.25) is 0 Å². The van der Waals surface area contributed by atoms with E-state index in [2.05, 4.69) is 10.2 Å². The van der Waals surface area contributed by atoms with Crippen molar-refractivity contribution in [2.24, 2.45) is 5.73 Å². The molecule has 7 heteroatoms. The summed E-state index contributed by atoms with van der Waals surface area (Å²) in [6.07, 6.45) is -0.625. The van der Waals surface area contributed by atoms with E-state index in [0.29, 0.717) is 11.5 Å². The Labute approximate surface area is 107 Å². The van der Waals surface area contributed by atoms with Crippen LogP contribution in [0.1, 0.15) is 36.6 Å². The molecule has 0 radical (unpaired) electrons. The highest BCUT2D eigenvalue weighted by atomic mass is 19.4. The summed E-state index contributed by atoms with van der Waals surface area (Å²) >= 11 is 0. The van der Waals surface area contributed by atoms with E-state index in [0.717, 1.165) is 31.5 Å². The summed E-state index contributed by atoms with van der Waals surface area (Å²) in [6.45, 7) is 0. The van der Waals surface area contributed by atoms with E-state index in [1.54, 1.807) is 0 Å². The highest BCUT2D eigenvalue weighted by Gasteiger charge is 2.33. The van der Waals surface area contributed by atoms with Crippen molar-refractivity contribution in [2.75, 3.05) is 0 Å². The van der Waals surface area contributed by atoms with Gasteiger partial charge in [0.15, 0.2) is 5.65 Å². The molecule has 0 bridgehead atoms. The van der Waals surface area contributed by atoms with Crippen molar-refractivity contribution in [3.05, 3.63) is 29.7 Å². The minimum Gasteiger partial charge on any atom is -0.327 e. The van der Waals surface area contributed by atoms with E-state index in [1.165, 1.54) is 10.5 Å². The Morgan fingerprint density at radius 2 is 2.00 bits per heavy atom. The third-order valence-corrected chi connectivity index (χ3v) is 3.66. The topological polar surface area (TPSA) is 56.2 Å². The second-order valence-corrected chi connectivity index (χ2v) is 4.90. The minimum atomic E-state index is -4.37. The predicted octanol–water partition coefficient (Wildman–Crippen LogP) is 2.34. The van der Waals surface area contributed by atoms with Crippen LogP contribution in [-0.4, -0.2) is 20.6 Å². The van der Waals surface area contributed by atoms with Crippen molar-refractivity contribution in [1.29, 1.82) is 0 Å². The average Bonchev–Trinajstić information content (AvgIpc) is 2.92. The van der Waals surface area contributed by atoms with Gasteiger partial charge >= 0.3 is 6.18 Å². The van der Waals surface area contributed by atoms with Gasteiger partial charge < -0.3 is 5.73 Å². The summed E-state index contributed by atoms with van der Waals surface area (Å²) < 4.78 is 39.6. The zero-order valence-corrected chi connectivity index (χ0v) is 10.1. The molecule has 2 aromatic heterocycles. The zero-order valence-electron chi connectivity index (χ0n) is 10.1. The lowest BCUT2D eigenvalue weighted by molar-refractivity contribution is -0.137. The Bertz CT molecular complexity index is 605. The lowest BCUT2D eigenvalue weighted by atomic mass is 10.0. The summed E-state index contributed by atoms with van der Waals surface area (Å²) in [5.74, 6) is 0.518. The number of rotatable bonds is 1. The van der Waals surface area contributed by atoms with Crippen molar-refractivity contribution < 1.29 is 13.2 Å². The van der Waals surface area contributed by atoms with Crippen LogP contribution in [0.25, 0.3) is 5.65 Å². The first-order chi connectivity index (χ1) is 8.97. The summed E-state index contributed by atoms with van der Waals surface area (Å²) in [5.41, 5.74) is 5.70. The smallest absolute Gasteiger partial charge is 0.327 e. The highest BCUT2D eigenvalue weighted by molar-refractivity contribution is 5.41. The van der Waals surface area contributed by atoms with Gasteiger partial charge in [-0.15, -0.1) is 10.2 Å². The van der Waals surface area contributed by atoms with Gasteiger partial charge in [-0.1, -0.05) is 6.42 Å². The van der Waals surface area contributed by atoms with Gasteiger partial charge in [-0.3, -0.25) is 4.40 Å². The number of aromatic nitrogens is 3. The van der Waals surface area contributed by atoms with Gasteiger partial charge in [-0.05, 0) is 25.0 Å². The first kappa shape index (κ1) is 12.4. The predicted molar refractivity (Wildman–Crippen MR) is 62.6 cm³/mol. The largest absolute Gasteiger partial charge is 0.417 e. The lowest BCUT2D eigenvalue weighted by Gasteiger charge is -2.14. The molecule has 2 N–H and O–H groups in total. The number of nitrogens with zero attached hydrogens (tertiary/aromatic N) is 3. The first-order valence-corrected chi connectivity index (χ1v) is 6.14. The second kappa shape index (κ2) is 4.19. The van der Waals surface area contributed by atoms with E-state index >= 15 is 0 Å². The maximum atomic E-state index is 12.7. The fourth-order valence-corrected chi connectivity index (χ4v) is 2.64. The molecule has 0 amide bonds. The van der Waals surface area contributed by atoms with Gasteiger partial charge in [0.05, 0.1) is 5.56 Å². The maximum absolute atomic E-state index is 12.7. The van der Waals surface area contributed by atoms with Crippen molar-refractivity contribution in [2.45, 2.75) is 37.4 Å². The molecule has 102 valence electrons. The fraction of sp³-hybridized carbons (Fsp3) is 0.500. The molecule has 2 aromatic rings. The third kappa shape index (κ3) is 2.07. The molecule has 2 heterocycles. The number of fused-ring (bicyclic) bond motifs is 1. The van der Waals surface area contributed by atoms with Gasteiger partial charge in [0.25, 0.3) is 0 Å². The minimum absolute atomic E-state index is 0.0153. The number of halogens is 3. The van der Waals surface area contributed by atoms with Crippen LogP contribution in [0.4, 0.5) is 13.2 Å². The molecule has 2 unspecified atom stereocenters. The van der Waals surface area contributed by atoms with Crippen molar-refractivity contribution in [3.63, 3.8) is 0 Å². The molecule has 0 aliphatic heterocycles. The van der Waals surface area contributed by atoms with Gasteiger partial charge in [-0.2, -0.15) is 13.2 Å². The molecule has 3 rings (SSSR count). The molecule has 1 aliphatic carbocycles. The normalized spacial score (nSPS) is 24.2. The summed E-state index contributed by atoms with van der Waals surface area (Å²) in [7, 11) is 0. The monoisotopic (exact) mass is 270 g/mol. The number of alkyl halides is 3. The van der Waals surface area contributed by atoms with Crippen LogP contribution in [-0.2, 0) is 6.18 Å². The summed E-state index contributed by atoms with van der Waals surface area (Å²) in [4.78, 5) is 0. The van der Waals surface area contributed by atoms with Crippen LogP contribution in [0.3, 0.4) is 0 Å². The van der Waals surface area contributed by atoms with E-state index in [9.17, 15) is 13.2 Å². The van der Waals surface area contributed by atoms with Crippen LogP contribution in [0.15, 0.2) is 18.3 Å². The van der Waals surface area contributed by atoms with Crippen molar-refractivity contribution >= 4 is 5.65 Å². The molecule has 1 fully saturated rings. The third-order valence-electron chi connectivity index (χ3n) is 3.66. The number of nitrogens with two attached hydrogens (primary N) is 1. The molecular formula is C12H13F3N4. The Morgan fingerprint density at radius 1 is 1.21 bits per heavy atom. The summed E-state index contributed by atoms with van der Waals surface area (Å²) in [6, 6.07) is 2.30. The maximum Gasteiger partial charge on any atom is 0.417 e. The highest BCUT2D eigenvalue weighted by Crippen LogP contribution is 2.34. The van der Waals surface area contributed by atoms with Gasteiger partial charge in [0.2, 0.25) is 0 Å². The SMILES string of the molecule is NC1CCCC1c1nnc2ccc(C(F)(F)F)cn12. The average molecular weight is 270 g/mol. The van der Waals surface area contributed by atoms with E-state index in [1.807, 2.05) is 0 Å². The Morgan fingerprint density at radius 3 is 2.63 bits per heavy atom. The van der Waals surface area contributed by atoms with Crippen LogP contribution >= 0.6 is 0 Å². The molecule has 1 saturated carbocycles. The molecule has 19 heavy (non-hydrogen) atoms. The molecule has 0 saturated heterocycles. The number of hydrogen-bond donors (Lipinski definition) is 1. The van der Waals surface area contributed by atoms with E-state index in [4.69, 9.17) is 5.73 Å². The second-order valence-electron chi connectivity index (χ2n) is 4.90. The first-order valence-electron chi connectivity index (χ1n) is 6.14. The van der Waals surface area contributed by atoms with Gasteiger partial charge in [0, 0.05) is 18.2 Å². The lowest BCUT2D eigenvalue weighted by Crippen LogP contribution is -2.24. The van der Waals surface area contributed by atoms with Crippen molar-refractivity contribution in [3.8, 4) is 0 Å². The molecule has 4 nitrogen and oxygen atoms in total. The molecule has 0 spiro atoms. The Balaban J connectivity index is 2.10. The van der Waals surface area contributed by atoms with Crippen LogP contribution < -0.4 is 5.73 Å². The zero-order chi connectivity index (χ0) is 13.6. The fourth-order valence-electron chi connectivity index (χ4n) is 2.64. The number of hydrogen-bond acceptors (Lipinski definition) is 3. The van der Waals surface area contributed by atoms with E-state index in [-0.39, 0.29) is 12.0 Å². The molecule has 2 atom stereocenters. The quantitative estimate of drug-likeness (QED) is 0.865. The van der Waals surface area contributed by atoms with Gasteiger partial charge in [0.1, 0.15) is 5.82 Å². The Hall–Kier alpha value is -1.63. The van der Waals surface area contributed by atoms with Crippen molar-refractivity contribution in [1.82, 2.24) is 14.6 Å². The molecule has 1 aliphatic rings. The van der Waals surface area contributed by atoms with Crippen LogP contribution in [0, 0.1) is 0 Å². The summed E-state index contributed by atoms with van der Waals surface area (Å²) in [5, 5.41) is 7.93. The Kier molecular flexibility index (Phi) is 2.74. The van der Waals surface area contributed by atoms with E-state index < -0.39 is 11.7 Å². The molecular weight excluding hydrogens is 257 g/mol. The van der Waals surface area contributed by atoms with Crippen LogP contribution in [0.5, 0.6) is 0 Å².